The van der Waals surface area contributed by atoms with Gasteiger partial charge in [-0.05, 0) is 63.7 Å². The Morgan fingerprint density at radius 3 is 2.18 bits per heavy atom. The molecule has 5 nitrogen and oxygen atoms in total. The molecule has 0 amide bonds. The average Bonchev–Trinajstić information content (AvgIpc) is 2.93. The summed E-state index contributed by atoms with van der Waals surface area (Å²) in [6, 6.07) is 5.92. The van der Waals surface area contributed by atoms with Crippen molar-refractivity contribution < 1.29 is 18.3 Å². The number of hydrogen-bond donors (Lipinski definition) is 2. The molecular weight excluding hydrogens is 503 g/mol. The minimum absolute atomic E-state index is 0.145. The Labute approximate surface area is 232 Å². The number of rotatable bonds is 5. The molecule has 0 spiro atoms. The van der Waals surface area contributed by atoms with Crippen LogP contribution in [0.2, 0.25) is 0 Å². The van der Waals surface area contributed by atoms with E-state index in [1.54, 1.807) is 0 Å². The number of aromatic nitrogens is 2. The number of nitrogens with zero attached hydrogens (tertiary/aromatic N) is 2. The topological polar surface area (TPSA) is 81.1 Å². The molecule has 1 aromatic heterocycles. The minimum Gasteiger partial charge on any atom is -0.508 e. The highest BCUT2D eigenvalue weighted by atomic mass is 19.4. The Morgan fingerprint density at radius 1 is 1.18 bits per heavy atom. The molecule has 1 heterocycles. The van der Waals surface area contributed by atoms with Gasteiger partial charge in [0.25, 0.3) is 5.56 Å². The summed E-state index contributed by atoms with van der Waals surface area (Å²) in [7, 11) is 1.52. The highest BCUT2D eigenvalue weighted by Gasteiger charge is 2.54. The normalized spacial score (nSPS) is 14.1. The van der Waals surface area contributed by atoms with Crippen LogP contribution in [0.1, 0.15) is 94.1 Å². The van der Waals surface area contributed by atoms with E-state index in [9.17, 15) is 18.0 Å². The molecule has 218 valence electrons. The standard InChI is InChI=1S/C17H22F3N3O.C10H12O.2C2H6/c1-4-12-13(16(2,10-21)17(18,19)20)22-14(23(3)15(12)24)11-8-6-5-7-9-11;1-7-4-5-8(2)10(6-7)9(3)11;2*1-2/h4,8H,1,5-7,9-10,21H2,2-3H3;4-6,11H,3H2,1-2H3;2*1-2H3. The quantitative estimate of drug-likeness (QED) is 0.370. The molecule has 0 aliphatic heterocycles. The fraction of sp³-hybridized carbons (Fsp3) is 0.484. The maximum atomic E-state index is 13.6. The number of aliphatic hydroxyl groups is 1. The summed E-state index contributed by atoms with van der Waals surface area (Å²) in [5.74, 6) is 0.426. The lowest BCUT2D eigenvalue weighted by Gasteiger charge is -2.32. The van der Waals surface area contributed by atoms with Gasteiger partial charge in [-0.1, -0.05) is 70.7 Å². The molecule has 3 N–H and O–H groups in total. The third-order valence-corrected chi connectivity index (χ3v) is 6.37. The van der Waals surface area contributed by atoms with Gasteiger partial charge in [-0.3, -0.25) is 9.36 Å². The minimum atomic E-state index is -4.63. The first-order valence-electron chi connectivity index (χ1n) is 13.4. The average molecular weight is 550 g/mol. The Bertz CT molecular complexity index is 1200. The number of halogens is 3. The van der Waals surface area contributed by atoms with Crippen LogP contribution in [0.25, 0.3) is 17.4 Å². The number of alkyl halides is 3. The number of nitrogens with two attached hydrogens (primary N) is 1. The first-order valence-corrected chi connectivity index (χ1v) is 13.4. The van der Waals surface area contributed by atoms with Crippen molar-refractivity contribution in [3.63, 3.8) is 0 Å². The predicted octanol–water partition coefficient (Wildman–Crippen LogP) is 8.04. The number of aliphatic hydroxyl groups excluding tert-OH is 1. The summed E-state index contributed by atoms with van der Waals surface area (Å²) in [6.07, 6.45) is 1.91. The molecule has 0 saturated carbocycles. The Kier molecular flexibility index (Phi) is 14.8. The number of aryl methyl sites for hydroxylation is 2. The first kappa shape index (κ1) is 35.9. The summed E-state index contributed by atoms with van der Waals surface area (Å²) in [5.41, 5.74) is 5.84. The summed E-state index contributed by atoms with van der Waals surface area (Å²) in [6.45, 7) is 19.2. The van der Waals surface area contributed by atoms with Gasteiger partial charge in [-0.2, -0.15) is 13.2 Å². The van der Waals surface area contributed by atoms with Crippen molar-refractivity contribution in [2.45, 2.75) is 85.7 Å². The molecule has 0 saturated heterocycles. The van der Waals surface area contributed by atoms with E-state index in [0.717, 1.165) is 54.5 Å². The second-order valence-corrected chi connectivity index (χ2v) is 9.04. The van der Waals surface area contributed by atoms with Crippen molar-refractivity contribution in [2.75, 3.05) is 6.54 Å². The van der Waals surface area contributed by atoms with Gasteiger partial charge in [-0.15, -0.1) is 0 Å². The lowest BCUT2D eigenvalue weighted by Crippen LogP contribution is -2.48. The van der Waals surface area contributed by atoms with Crippen molar-refractivity contribution in [3.8, 4) is 0 Å². The van der Waals surface area contributed by atoms with Gasteiger partial charge in [0, 0.05) is 19.2 Å². The summed E-state index contributed by atoms with van der Waals surface area (Å²) < 4.78 is 42.2. The molecule has 39 heavy (non-hydrogen) atoms. The highest BCUT2D eigenvalue weighted by Crippen LogP contribution is 2.41. The Balaban J connectivity index is 0.000000803. The zero-order valence-electron chi connectivity index (χ0n) is 24.8. The number of benzene rings is 1. The van der Waals surface area contributed by atoms with Crippen LogP contribution in [0, 0.1) is 13.8 Å². The molecular formula is C31H46F3N3O2. The molecule has 0 fully saturated rings. The Morgan fingerprint density at radius 2 is 1.77 bits per heavy atom. The predicted molar refractivity (Wildman–Crippen MR) is 159 cm³/mol. The van der Waals surface area contributed by atoms with Gasteiger partial charge in [0.2, 0.25) is 0 Å². The maximum Gasteiger partial charge on any atom is 0.400 e. The molecule has 8 heteroatoms. The van der Waals surface area contributed by atoms with Gasteiger partial charge in [0.1, 0.15) is 17.0 Å². The van der Waals surface area contributed by atoms with E-state index < -0.39 is 23.7 Å². The van der Waals surface area contributed by atoms with Crippen LogP contribution in [0.15, 0.2) is 42.2 Å². The van der Waals surface area contributed by atoms with E-state index in [1.165, 1.54) is 11.6 Å². The van der Waals surface area contributed by atoms with Crippen LogP contribution in [-0.4, -0.2) is 27.4 Å². The molecule has 1 aliphatic rings. The molecule has 1 unspecified atom stereocenters. The lowest BCUT2D eigenvalue weighted by molar-refractivity contribution is -0.183. The molecule has 2 aromatic rings. The van der Waals surface area contributed by atoms with Crippen molar-refractivity contribution in [3.05, 3.63) is 81.6 Å². The monoisotopic (exact) mass is 549 g/mol. The van der Waals surface area contributed by atoms with Crippen molar-refractivity contribution in [2.24, 2.45) is 12.8 Å². The van der Waals surface area contributed by atoms with E-state index in [0.29, 0.717) is 6.42 Å². The van der Waals surface area contributed by atoms with Gasteiger partial charge in [0.05, 0.1) is 11.3 Å². The van der Waals surface area contributed by atoms with E-state index >= 15 is 0 Å². The first-order chi connectivity index (χ1) is 18.3. The Hall–Kier alpha value is -3.13. The zero-order chi connectivity index (χ0) is 30.6. The molecule has 1 aliphatic carbocycles. The fourth-order valence-corrected chi connectivity index (χ4v) is 3.95. The summed E-state index contributed by atoms with van der Waals surface area (Å²) in [5, 5.41) is 9.13. The van der Waals surface area contributed by atoms with E-state index in [1.807, 2.05) is 65.8 Å². The van der Waals surface area contributed by atoms with Crippen molar-refractivity contribution >= 4 is 17.4 Å². The summed E-state index contributed by atoms with van der Waals surface area (Å²) >= 11 is 0. The number of hydrogen-bond acceptors (Lipinski definition) is 4. The van der Waals surface area contributed by atoms with Gasteiger partial charge in [0.15, 0.2) is 0 Å². The lowest BCUT2D eigenvalue weighted by atomic mass is 9.83. The van der Waals surface area contributed by atoms with Crippen molar-refractivity contribution in [1.29, 1.82) is 0 Å². The largest absolute Gasteiger partial charge is 0.508 e. The highest BCUT2D eigenvalue weighted by molar-refractivity contribution is 5.63. The van der Waals surface area contributed by atoms with Crippen LogP contribution < -0.4 is 11.3 Å². The second-order valence-electron chi connectivity index (χ2n) is 9.04. The van der Waals surface area contributed by atoms with E-state index in [-0.39, 0.29) is 22.8 Å². The van der Waals surface area contributed by atoms with Gasteiger partial charge < -0.3 is 10.8 Å². The van der Waals surface area contributed by atoms with Crippen LogP contribution in [0.4, 0.5) is 13.2 Å². The van der Waals surface area contributed by atoms with Gasteiger partial charge in [-0.25, -0.2) is 4.98 Å². The smallest absolute Gasteiger partial charge is 0.400 e. The SMILES string of the molecule is C=C(O)c1cc(C)ccc1C.C=Cc1c(C(C)(CN)C(F)(F)F)nc(C2=CCCCC2)n(C)c1=O.CC.CC. The van der Waals surface area contributed by atoms with E-state index in [4.69, 9.17) is 10.8 Å². The zero-order valence-corrected chi connectivity index (χ0v) is 24.8. The number of allylic oxidation sites excluding steroid dienone is 2. The third kappa shape index (κ3) is 8.68. The maximum absolute atomic E-state index is 13.6. The van der Waals surface area contributed by atoms with E-state index in [2.05, 4.69) is 18.1 Å². The van der Waals surface area contributed by atoms with Crippen LogP contribution >= 0.6 is 0 Å². The van der Waals surface area contributed by atoms with Crippen molar-refractivity contribution in [1.82, 2.24) is 9.55 Å². The van der Waals surface area contributed by atoms with Gasteiger partial charge >= 0.3 is 6.18 Å². The fourth-order valence-electron chi connectivity index (χ4n) is 3.95. The molecule has 1 atom stereocenters. The molecule has 0 bridgehead atoms. The third-order valence-electron chi connectivity index (χ3n) is 6.37. The molecule has 3 rings (SSSR count). The molecule has 1 aromatic carbocycles. The van der Waals surface area contributed by atoms with Crippen LogP contribution in [0.3, 0.4) is 0 Å². The second kappa shape index (κ2) is 16.1. The summed E-state index contributed by atoms with van der Waals surface area (Å²) in [4.78, 5) is 16.9. The van der Waals surface area contributed by atoms with Crippen LogP contribution in [-0.2, 0) is 12.5 Å². The van der Waals surface area contributed by atoms with Crippen LogP contribution in [0.5, 0.6) is 0 Å². The molecule has 0 radical (unpaired) electrons.